The zero-order valence-electron chi connectivity index (χ0n) is 20.1. The SMILES string of the molecule is N#CC=Cc1ccc2c(c1)CCCC2NC(=O)CC(NS(=O)(=O)c1ccc(Cl)c(Cl)c1)c1ccc(F)cc1. The number of aryl methyl sites for hydroxylation is 1. The lowest BCUT2D eigenvalue weighted by molar-refractivity contribution is -0.122. The number of nitrogens with zero attached hydrogens (tertiary/aromatic N) is 1. The number of halogens is 3. The molecule has 0 saturated carbocycles. The Bertz CT molecular complexity index is 1520. The monoisotopic (exact) mass is 571 g/mol. The molecule has 4 rings (SSSR count). The predicted octanol–water partition coefficient (Wildman–Crippen LogP) is 6.27. The summed E-state index contributed by atoms with van der Waals surface area (Å²) in [5.74, 6) is -0.838. The fourth-order valence-electron chi connectivity index (χ4n) is 4.48. The molecule has 0 fully saturated rings. The van der Waals surface area contributed by atoms with Gasteiger partial charge in [0, 0.05) is 12.5 Å². The number of sulfonamides is 1. The van der Waals surface area contributed by atoms with Gasteiger partial charge in [-0.1, -0.05) is 53.5 Å². The maximum absolute atomic E-state index is 13.6. The topological polar surface area (TPSA) is 99.1 Å². The number of benzene rings is 3. The van der Waals surface area contributed by atoms with E-state index >= 15 is 0 Å². The minimum absolute atomic E-state index is 0.0767. The Morgan fingerprint density at radius 3 is 2.58 bits per heavy atom. The molecule has 2 N–H and O–H groups in total. The second-order valence-corrected chi connectivity index (χ2v) is 11.5. The Labute approximate surface area is 231 Å². The highest BCUT2D eigenvalue weighted by Gasteiger charge is 2.27. The van der Waals surface area contributed by atoms with Crippen LogP contribution in [0.4, 0.5) is 4.39 Å². The van der Waals surface area contributed by atoms with E-state index in [4.69, 9.17) is 28.5 Å². The number of hydrogen-bond donors (Lipinski definition) is 2. The van der Waals surface area contributed by atoms with E-state index in [1.54, 1.807) is 6.08 Å². The molecule has 3 aromatic rings. The van der Waals surface area contributed by atoms with Crippen molar-refractivity contribution in [1.29, 1.82) is 5.26 Å². The van der Waals surface area contributed by atoms with Crippen LogP contribution in [0.25, 0.3) is 6.08 Å². The van der Waals surface area contributed by atoms with Crippen molar-refractivity contribution < 1.29 is 17.6 Å². The number of carbonyl (C=O) groups is 1. The third kappa shape index (κ3) is 6.80. The zero-order chi connectivity index (χ0) is 27.3. The van der Waals surface area contributed by atoms with Crippen LogP contribution >= 0.6 is 23.2 Å². The molecule has 0 bridgehead atoms. The van der Waals surface area contributed by atoms with Crippen LogP contribution in [0.2, 0.25) is 10.0 Å². The molecule has 38 heavy (non-hydrogen) atoms. The highest BCUT2D eigenvalue weighted by molar-refractivity contribution is 7.89. The molecule has 1 amide bonds. The zero-order valence-corrected chi connectivity index (χ0v) is 22.5. The van der Waals surface area contributed by atoms with E-state index < -0.39 is 21.9 Å². The van der Waals surface area contributed by atoms with Crippen molar-refractivity contribution in [2.45, 2.75) is 42.7 Å². The summed E-state index contributed by atoms with van der Waals surface area (Å²) in [6, 6.07) is 15.9. The van der Waals surface area contributed by atoms with Gasteiger partial charge in [0.1, 0.15) is 5.82 Å². The van der Waals surface area contributed by atoms with E-state index in [2.05, 4.69) is 10.0 Å². The van der Waals surface area contributed by atoms with E-state index in [9.17, 15) is 17.6 Å². The highest BCUT2D eigenvalue weighted by Crippen LogP contribution is 2.32. The van der Waals surface area contributed by atoms with Crippen molar-refractivity contribution in [1.82, 2.24) is 10.0 Å². The number of hydrogen-bond acceptors (Lipinski definition) is 4. The van der Waals surface area contributed by atoms with Crippen molar-refractivity contribution in [3.63, 3.8) is 0 Å². The van der Waals surface area contributed by atoms with Crippen LogP contribution in [-0.2, 0) is 21.2 Å². The molecule has 0 radical (unpaired) electrons. The Balaban J connectivity index is 1.55. The number of amides is 1. The van der Waals surface area contributed by atoms with Crippen molar-refractivity contribution in [2.75, 3.05) is 0 Å². The third-order valence-electron chi connectivity index (χ3n) is 6.33. The van der Waals surface area contributed by atoms with Crippen molar-refractivity contribution >= 4 is 45.2 Å². The number of allylic oxidation sites excluding steroid dienone is 1. The minimum atomic E-state index is -4.09. The minimum Gasteiger partial charge on any atom is -0.349 e. The Kier molecular flexibility index (Phi) is 8.85. The largest absolute Gasteiger partial charge is 0.349 e. The predicted molar refractivity (Wildman–Crippen MR) is 145 cm³/mol. The van der Waals surface area contributed by atoms with Gasteiger partial charge in [0.05, 0.1) is 33.1 Å². The number of rotatable bonds is 8. The number of nitrogens with one attached hydrogen (secondary N) is 2. The summed E-state index contributed by atoms with van der Waals surface area (Å²) < 4.78 is 42.4. The lowest BCUT2D eigenvalue weighted by Crippen LogP contribution is -2.36. The van der Waals surface area contributed by atoms with E-state index in [1.807, 2.05) is 24.3 Å². The van der Waals surface area contributed by atoms with Gasteiger partial charge in [-0.05, 0) is 77.9 Å². The molecule has 0 aliphatic heterocycles. The summed E-state index contributed by atoms with van der Waals surface area (Å²) in [7, 11) is -4.09. The summed E-state index contributed by atoms with van der Waals surface area (Å²) in [6.45, 7) is 0. The molecule has 1 aliphatic rings. The second-order valence-electron chi connectivity index (χ2n) is 8.94. The molecule has 3 aromatic carbocycles. The molecule has 6 nitrogen and oxygen atoms in total. The van der Waals surface area contributed by atoms with E-state index in [1.165, 1.54) is 48.5 Å². The first-order valence-electron chi connectivity index (χ1n) is 11.9. The normalized spacial score (nSPS) is 16.0. The van der Waals surface area contributed by atoms with Crippen molar-refractivity contribution in [2.24, 2.45) is 0 Å². The van der Waals surface area contributed by atoms with Crippen LogP contribution in [-0.4, -0.2) is 14.3 Å². The first-order chi connectivity index (χ1) is 18.2. The van der Waals surface area contributed by atoms with E-state index in [0.29, 0.717) is 5.56 Å². The molecule has 2 unspecified atom stereocenters. The lowest BCUT2D eigenvalue weighted by Gasteiger charge is -2.28. The summed E-state index contributed by atoms with van der Waals surface area (Å²) >= 11 is 11.9. The fraction of sp³-hybridized carbons (Fsp3) is 0.214. The second kappa shape index (κ2) is 12.1. The van der Waals surface area contributed by atoms with Gasteiger partial charge in [-0.3, -0.25) is 4.79 Å². The molecular formula is C28H24Cl2FN3O3S. The summed E-state index contributed by atoms with van der Waals surface area (Å²) in [5, 5.41) is 12.1. The van der Waals surface area contributed by atoms with Crippen LogP contribution in [0.15, 0.2) is 71.6 Å². The van der Waals surface area contributed by atoms with Gasteiger partial charge >= 0.3 is 0 Å². The van der Waals surface area contributed by atoms with E-state index in [0.717, 1.165) is 36.0 Å². The standard InChI is InChI=1S/C28H24Cl2FN3O3S/c29-24-13-11-22(16-25(24)30)38(36,37)34-27(19-7-9-21(31)10-8-19)17-28(35)33-26-5-1-4-20-15-18(3-2-14-32)6-12-23(20)26/h2-3,6-13,15-16,26-27,34H,1,4-5,17H2,(H,33,35). The molecule has 196 valence electrons. The van der Waals surface area contributed by atoms with Crippen LogP contribution in [0.3, 0.4) is 0 Å². The van der Waals surface area contributed by atoms with Gasteiger partial charge in [0.25, 0.3) is 0 Å². The Hall–Kier alpha value is -3.22. The van der Waals surface area contributed by atoms with Crippen LogP contribution in [0.1, 0.15) is 53.6 Å². The quantitative estimate of drug-likeness (QED) is 0.311. The first-order valence-corrected chi connectivity index (χ1v) is 14.1. The lowest BCUT2D eigenvalue weighted by atomic mass is 9.86. The summed E-state index contributed by atoms with van der Waals surface area (Å²) in [6.07, 6.45) is 5.41. The van der Waals surface area contributed by atoms with Gasteiger partial charge in [0.15, 0.2) is 0 Å². The molecular weight excluding hydrogens is 548 g/mol. The molecule has 1 aliphatic carbocycles. The van der Waals surface area contributed by atoms with Gasteiger partial charge in [0.2, 0.25) is 15.9 Å². The first kappa shape index (κ1) is 27.8. The van der Waals surface area contributed by atoms with Gasteiger partial charge in [-0.25, -0.2) is 17.5 Å². The molecule has 0 aromatic heterocycles. The smallest absolute Gasteiger partial charge is 0.241 e. The van der Waals surface area contributed by atoms with Gasteiger partial charge in [-0.15, -0.1) is 0 Å². The maximum Gasteiger partial charge on any atom is 0.241 e. The van der Waals surface area contributed by atoms with Crippen LogP contribution < -0.4 is 10.0 Å². The van der Waals surface area contributed by atoms with Gasteiger partial charge in [-0.2, -0.15) is 5.26 Å². The number of carbonyl (C=O) groups excluding carboxylic acids is 1. The average Bonchev–Trinajstić information content (AvgIpc) is 2.89. The maximum atomic E-state index is 13.6. The van der Waals surface area contributed by atoms with Crippen molar-refractivity contribution in [3.8, 4) is 6.07 Å². The van der Waals surface area contributed by atoms with E-state index in [-0.39, 0.29) is 33.3 Å². The highest BCUT2D eigenvalue weighted by atomic mass is 35.5. The molecule has 0 spiro atoms. The Morgan fingerprint density at radius 2 is 1.87 bits per heavy atom. The fourth-order valence-corrected chi connectivity index (χ4v) is 6.10. The molecule has 0 heterocycles. The number of fused-ring (bicyclic) bond motifs is 1. The third-order valence-corrected chi connectivity index (χ3v) is 8.54. The van der Waals surface area contributed by atoms with Crippen LogP contribution in [0.5, 0.6) is 0 Å². The Morgan fingerprint density at radius 1 is 1.11 bits per heavy atom. The van der Waals surface area contributed by atoms with Crippen molar-refractivity contribution in [3.05, 3.63) is 105 Å². The molecule has 2 atom stereocenters. The number of nitriles is 1. The molecule has 0 saturated heterocycles. The summed E-state index contributed by atoms with van der Waals surface area (Å²) in [5.41, 5.74) is 3.43. The summed E-state index contributed by atoms with van der Waals surface area (Å²) in [4.78, 5) is 13.1. The van der Waals surface area contributed by atoms with Crippen LogP contribution in [0, 0.1) is 17.1 Å². The average molecular weight is 572 g/mol. The van der Waals surface area contributed by atoms with Gasteiger partial charge < -0.3 is 5.32 Å². The molecule has 10 heteroatoms.